The van der Waals surface area contributed by atoms with Crippen molar-refractivity contribution in [3.63, 3.8) is 0 Å². The van der Waals surface area contributed by atoms with Gasteiger partial charge in [0.05, 0.1) is 17.8 Å². The van der Waals surface area contributed by atoms with Gasteiger partial charge in [0, 0.05) is 0 Å². The normalized spacial score (nSPS) is 60.8. The number of aliphatic hydroxyl groups is 1. The second-order valence-corrected chi connectivity index (χ2v) is 8.35. The van der Waals surface area contributed by atoms with Crippen LogP contribution in [0, 0.1) is 41.4 Å². The molecule has 2 nitrogen and oxygen atoms in total. The minimum absolute atomic E-state index is 0.0112. The van der Waals surface area contributed by atoms with E-state index in [1.54, 1.807) is 0 Å². The highest BCUT2D eigenvalue weighted by Gasteiger charge is 2.78. The largest absolute Gasteiger partial charge is 0.393 e. The average Bonchev–Trinajstić information content (AvgIpc) is 2.71. The summed E-state index contributed by atoms with van der Waals surface area (Å²) in [5.41, 5.74) is -0.0112. The van der Waals surface area contributed by atoms with Crippen molar-refractivity contribution < 1.29 is 9.84 Å². The molecule has 5 fully saturated rings. The third-order valence-corrected chi connectivity index (χ3v) is 6.23. The molecule has 0 aromatic rings. The molecule has 0 spiro atoms. The van der Waals surface area contributed by atoms with E-state index in [1.807, 2.05) is 0 Å². The van der Waals surface area contributed by atoms with E-state index in [1.165, 1.54) is 6.42 Å². The van der Waals surface area contributed by atoms with Crippen molar-refractivity contribution in [2.75, 3.05) is 0 Å². The quantitative estimate of drug-likeness (QED) is 0.775. The summed E-state index contributed by atoms with van der Waals surface area (Å²) >= 11 is 0. The predicted octanol–water partition coefficient (Wildman–Crippen LogP) is 2.70. The fraction of sp³-hybridized carbons (Fsp3) is 1.00. The zero-order valence-corrected chi connectivity index (χ0v) is 12.0. The van der Waals surface area contributed by atoms with E-state index in [0.29, 0.717) is 12.0 Å². The fourth-order valence-electron chi connectivity index (χ4n) is 5.83. The highest BCUT2D eigenvalue weighted by Crippen LogP contribution is 2.79. The summed E-state index contributed by atoms with van der Waals surface area (Å²) in [5, 5.41) is 10.2. The maximum Gasteiger partial charge on any atom is 0.0649 e. The first-order valence-corrected chi connectivity index (χ1v) is 7.74. The lowest BCUT2D eigenvalue weighted by molar-refractivity contribution is -0.0834. The molecule has 5 rings (SSSR count). The summed E-state index contributed by atoms with van der Waals surface area (Å²) in [6.07, 6.45) is 2.74. The van der Waals surface area contributed by atoms with Crippen LogP contribution in [0.25, 0.3) is 0 Å². The SMILES string of the molecule is C[C@H]1C[C@@H]2[C@@H]3[C@H](C[C@@H]1O)[C@@H]1[C@H]2[C@@H]1[C@H]3OC(C)(C)C. The average molecular weight is 250 g/mol. The molecule has 1 N–H and O–H groups in total. The molecule has 5 saturated carbocycles. The molecule has 0 aliphatic heterocycles. The molecule has 0 radical (unpaired) electrons. The Bertz CT molecular complexity index is 348. The molecule has 0 unspecified atom stereocenters. The Balaban J connectivity index is 1.61. The predicted molar refractivity (Wildman–Crippen MR) is 70.0 cm³/mol. The van der Waals surface area contributed by atoms with Crippen molar-refractivity contribution in [2.24, 2.45) is 41.4 Å². The van der Waals surface area contributed by atoms with Gasteiger partial charge in [-0.25, -0.2) is 0 Å². The van der Waals surface area contributed by atoms with Gasteiger partial charge in [0.25, 0.3) is 0 Å². The summed E-state index contributed by atoms with van der Waals surface area (Å²) < 4.78 is 6.39. The first-order chi connectivity index (χ1) is 8.38. The van der Waals surface area contributed by atoms with Crippen LogP contribution >= 0.6 is 0 Å². The number of hydrogen-bond acceptors (Lipinski definition) is 2. The van der Waals surface area contributed by atoms with Gasteiger partial charge < -0.3 is 9.84 Å². The van der Waals surface area contributed by atoms with Crippen molar-refractivity contribution in [3.05, 3.63) is 0 Å². The van der Waals surface area contributed by atoms with Gasteiger partial charge in [-0.2, -0.15) is 0 Å². The lowest BCUT2D eigenvalue weighted by Crippen LogP contribution is -2.32. The van der Waals surface area contributed by atoms with E-state index in [0.717, 1.165) is 41.9 Å². The maximum absolute atomic E-state index is 10.2. The number of hydrogen-bond donors (Lipinski definition) is 1. The minimum atomic E-state index is -0.0573. The van der Waals surface area contributed by atoms with E-state index in [-0.39, 0.29) is 11.7 Å². The number of aliphatic hydroxyl groups excluding tert-OH is 1. The van der Waals surface area contributed by atoms with Gasteiger partial charge in [0.2, 0.25) is 0 Å². The van der Waals surface area contributed by atoms with Crippen LogP contribution in [0.15, 0.2) is 0 Å². The molecule has 0 aromatic carbocycles. The van der Waals surface area contributed by atoms with Gasteiger partial charge in [-0.05, 0) is 75.0 Å². The highest BCUT2D eigenvalue weighted by atomic mass is 16.5. The van der Waals surface area contributed by atoms with Gasteiger partial charge in [0.1, 0.15) is 0 Å². The van der Waals surface area contributed by atoms with Crippen LogP contribution in [0.5, 0.6) is 0 Å². The van der Waals surface area contributed by atoms with Crippen LogP contribution < -0.4 is 0 Å². The second kappa shape index (κ2) is 3.32. The summed E-state index contributed by atoms with van der Waals surface area (Å²) in [5.74, 6) is 5.63. The smallest absolute Gasteiger partial charge is 0.0649 e. The molecule has 6 bridgehead atoms. The van der Waals surface area contributed by atoms with Crippen LogP contribution in [0.1, 0.15) is 40.5 Å². The van der Waals surface area contributed by atoms with E-state index >= 15 is 0 Å². The molecule has 102 valence electrons. The van der Waals surface area contributed by atoms with Crippen LogP contribution in [-0.4, -0.2) is 22.9 Å². The molecular weight excluding hydrogens is 224 g/mol. The molecular formula is C16H26O2. The Hall–Kier alpha value is -0.0800. The summed E-state index contributed by atoms with van der Waals surface area (Å²) in [7, 11) is 0. The van der Waals surface area contributed by atoms with Crippen molar-refractivity contribution in [1.29, 1.82) is 0 Å². The zero-order valence-electron chi connectivity index (χ0n) is 12.0. The molecule has 2 heteroatoms. The third kappa shape index (κ3) is 1.37. The first kappa shape index (κ1) is 11.7. The van der Waals surface area contributed by atoms with Crippen LogP contribution in [0.2, 0.25) is 0 Å². The molecule has 0 aromatic heterocycles. The highest BCUT2D eigenvalue weighted by molar-refractivity contribution is 5.26. The standard InChI is InChI=1S/C16H26O2/c1-7-5-8-11-9(6-10(7)17)13-12(8)14(13)15(11)18-16(2,3)4/h7-15,17H,5-6H2,1-4H3/t7-,8+,9-,10-,11+,12-,13+,14-,15-/m0/s1. The Kier molecular flexibility index (Phi) is 2.16. The second-order valence-electron chi connectivity index (χ2n) is 8.35. The lowest BCUT2D eigenvalue weighted by Gasteiger charge is -2.30. The van der Waals surface area contributed by atoms with Crippen molar-refractivity contribution in [3.8, 4) is 0 Å². The third-order valence-electron chi connectivity index (χ3n) is 6.23. The molecule has 0 amide bonds. The van der Waals surface area contributed by atoms with Crippen LogP contribution in [-0.2, 0) is 4.74 Å². The van der Waals surface area contributed by atoms with E-state index < -0.39 is 0 Å². The summed E-state index contributed by atoms with van der Waals surface area (Å²) in [6, 6.07) is 0. The first-order valence-electron chi connectivity index (χ1n) is 7.74. The van der Waals surface area contributed by atoms with E-state index in [2.05, 4.69) is 27.7 Å². The number of rotatable bonds is 1. The van der Waals surface area contributed by atoms with Crippen molar-refractivity contribution in [1.82, 2.24) is 0 Å². The van der Waals surface area contributed by atoms with Crippen LogP contribution in [0.3, 0.4) is 0 Å². The van der Waals surface area contributed by atoms with Gasteiger partial charge in [0.15, 0.2) is 0 Å². The Labute approximate surface area is 110 Å². The minimum Gasteiger partial charge on any atom is -0.393 e. The van der Waals surface area contributed by atoms with Crippen molar-refractivity contribution in [2.45, 2.75) is 58.3 Å². The Morgan fingerprint density at radius 3 is 2.17 bits per heavy atom. The number of ether oxygens (including phenoxy) is 1. The molecule has 9 atom stereocenters. The van der Waals surface area contributed by atoms with E-state index in [4.69, 9.17) is 4.74 Å². The fourth-order valence-corrected chi connectivity index (χ4v) is 5.83. The molecule has 18 heavy (non-hydrogen) atoms. The zero-order chi connectivity index (χ0) is 12.8. The molecule has 5 aliphatic carbocycles. The van der Waals surface area contributed by atoms with Gasteiger partial charge in [-0.1, -0.05) is 6.92 Å². The topological polar surface area (TPSA) is 29.5 Å². The molecule has 0 heterocycles. The van der Waals surface area contributed by atoms with Crippen LogP contribution in [0.4, 0.5) is 0 Å². The maximum atomic E-state index is 10.2. The van der Waals surface area contributed by atoms with E-state index in [9.17, 15) is 5.11 Å². The molecule has 0 saturated heterocycles. The van der Waals surface area contributed by atoms with Gasteiger partial charge in [-0.3, -0.25) is 0 Å². The molecule has 5 aliphatic rings. The Morgan fingerprint density at radius 2 is 1.56 bits per heavy atom. The summed E-state index contributed by atoms with van der Waals surface area (Å²) in [6.45, 7) is 8.78. The summed E-state index contributed by atoms with van der Waals surface area (Å²) in [4.78, 5) is 0. The van der Waals surface area contributed by atoms with Crippen molar-refractivity contribution >= 4 is 0 Å². The van der Waals surface area contributed by atoms with Gasteiger partial charge in [-0.15, -0.1) is 0 Å². The van der Waals surface area contributed by atoms with Gasteiger partial charge >= 0.3 is 0 Å². The Morgan fingerprint density at radius 1 is 0.944 bits per heavy atom. The lowest BCUT2D eigenvalue weighted by atomic mass is 9.88. The monoisotopic (exact) mass is 250 g/mol.